The minimum absolute atomic E-state index is 0.137. The highest BCUT2D eigenvalue weighted by Gasteiger charge is 2.07. The fraction of sp³-hybridized carbons (Fsp3) is 0.375. The Morgan fingerprint density at radius 1 is 1.16 bits per heavy atom. The molecule has 1 unspecified atom stereocenters. The summed E-state index contributed by atoms with van der Waals surface area (Å²) in [6.45, 7) is 1.88. The Morgan fingerprint density at radius 2 is 1.95 bits per heavy atom. The lowest BCUT2D eigenvalue weighted by molar-refractivity contribution is 0.286. The Morgan fingerprint density at radius 3 is 2.63 bits per heavy atom. The molecule has 0 aliphatic rings. The molecule has 0 fully saturated rings. The lowest BCUT2D eigenvalue weighted by Gasteiger charge is -2.17. The quantitative estimate of drug-likeness (QED) is 0.829. The number of hydrogen-bond donors (Lipinski definition) is 1. The number of benzene rings is 1. The molecule has 0 saturated carbocycles. The Bertz CT molecular complexity index is 453. The van der Waals surface area contributed by atoms with Gasteiger partial charge >= 0.3 is 0 Å². The van der Waals surface area contributed by atoms with E-state index in [0.717, 1.165) is 31.7 Å². The van der Waals surface area contributed by atoms with E-state index in [4.69, 9.17) is 10.2 Å². The summed E-state index contributed by atoms with van der Waals surface area (Å²) in [6.07, 6.45) is 3.81. The molecule has 3 heteroatoms. The Hall–Kier alpha value is -1.58. The summed E-state index contributed by atoms with van der Waals surface area (Å²) in [6, 6.07) is 14.4. The van der Waals surface area contributed by atoms with Crippen LogP contribution in [-0.4, -0.2) is 18.5 Å². The van der Waals surface area contributed by atoms with E-state index in [-0.39, 0.29) is 6.04 Å². The Kier molecular flexibility index (Phi) is 5.19. The standard InChI is InChI=1S/C16H22N2O/c1-18(13-15-9-6-12-19-15)11-5-10-16(17)14-7-3-2-4-8-14/h2-4,6-9,12,16H,5,10-11,13,17H2,1H3. The first-order valence-corrected chi connectivity index (χ1v) is 6.77. The van der Waals surface area contributed by atoms with Gasteiger partial charge in [-0.15, -0.1) is 0 Å². The maximum atomic E-state index is 6.18. The second-order valence-electron chi connectivity index (χ2n) is 4.98. The summed E-state index contributed by atoms with van der Waals surface area (Å²) in [5, 5.41) is 0. The molecule has 0 bridgehead atoms. The van der Waals surface area contributed by atoms with E-state index in [2.05, 4.69) is 24.1 Å². The van der Waals surface area contributed by atoms with Gasteiger partial charge in [-0.3, -0.25) is 4.90 Å². The fourth-order valence-electron chi connectivity index (χ4n) is 2.20. The van der Waals surface area contributed by atoms with Crippen LogP contribution < -0.4 is 5.73 Å². The van der Waals surface area contributed by atoms with Gasteiger partial charge in [-0.1, -0.05) is 30.3 Å². The van der Waals surface area contributed by atoms with Gasteiger partial charge in [0, 0.05) is 6.04 Å². The van der Waals surface area contributed by atoms with Crippen LogP contribution >= 0.6 is 0 Å². The van der Waals surface area contributed by atoms with Crippen LogP contribution in [0.5, 0.6) is 0 Å². The maximum absolute atomic E-state index is 6.18. The molecule has 2 N–H and O–H groups in total. The van der Waals surface area contributed by atoms with Crippen molar-refractivity contribution in [2.45, 2.75) is 25.4 Å². The molecule has 0 radical (unpaired) electrons. The van der Waals surface area contributed by atoms with Gasteiger partial charge < -0.3 is 10.2 Å². The van der Waals surface area contributed by atoms with E-state index in [0.29, 0.717) is 0 Å². The summed E-state index contributed by atoms with van der Waals surface area (Å²) >= 11 is 0. The third-order valence-corrected chi connectivity index (χ3v) is 3.29. The van der Waals surface area contributed by atoms with Crippen molar-refractivity contribution in [2.24, 2.45) is 5.73 Å². The first-order valence-electron chi connectivity index (χ1n) is 6.77. The second kappa shape index (κ2) is 7.12. The average molecular weight is 258 g/mol. The zero-order valence-corrected chi connectivity index (χ0v) is 11.5. The van der Waals surface area contributed by atoms with Crippen molar-refractivity contribution in [3.63, 3.8) is 0 Å². The molecule has 3 nitrogen and oxygen atoms in total. The van der Waals surface area contributed by atoms with Gasteiger partial charge in [0.2, 0.25) is 0 Å². The van der Waals surface area contributed by atoms with Crippen LogP contribution in [0, 0.1) is 0 Å². The van der Waals surface area contributed by atoms with Gasteiger partial charge in [-0.25, -0.2) is 0 Å². The number of hydrogen-bond acceptors (Lipinski definition) is 3. The summed E-state index contributed by atoms with van der Waals surface area (Å²) in [5.41, 5.74) is 7.40. The molecule has 0 spiro atoms. The van der Waals surface area contributed by atoms with Crippen LogP contribution in [0.1, 0.15) is 30.2 Å². The fourth-order valence-corrected chi connectivity index (χ4v) is 2.20. The van der Waals surface area contributed by atoms with Gasteiger partial charge in [0.15, 0.2) is 0 Å². The van der Waals surface area contributed by atoms with Crippen LogP contribution in [0.3, 0.4) is 0 Å². The molecule has 1 heterocycles. The van der Waals surface area contributed by atoms with Crippen molar-refractivity contribution in [1.29, 1.82) is 0 Å². The number of nitrogens with zero attached hydrogens (tertiary/aromatic N) is 1. The van der Waals surface area contributed by atoms with Crippen LogP contribution in [0.4, 0.5) is 0 Å². The van der Waals surface area contributed by atoms with Crippen molar-refractivity contribution < 1.29 is 4.42 Å². The van der Waals surface area contributed by atoms with Gasteiger partial charge in [0.05, 0.1) is 12.8 Å². The molecule has 0 aliphatic carbocycles. The monoisotopic (exact) mass is 258 g/mol. The Labute approximate surface area is 115 Å². The zero-order chi connectivity index (χ0) is 13.5. The van der Waals surface area contributed by atoms with E-state index in [1.165, 1.54) is 5.56 Å². The summed E-state index contributed by atoms with van der Waals surface area (Å²) in [5.74, 6) is 1.01. The highest BCUT2D eigenvalue weighted by atomic mass is 16.3. The van der Waals surface area contributed by atoms with Gasteiger partial charge in [0.25, 0.3) is 0 Å². The average Bonchev–Trinajstić information content (AvgIpc) is 2.92. The Balaban J connectivity index is 1.68. The molecule has 1 atom stereocenters. The topological polar surface area (TPSA) is 42.4 Å². The molecule has 2 rings (SSSR count). The minimum Gasteiger partial charge on any atom is -0.468 e. The zero-order valence-electron chi connectivity index (χ0n) is 11.5. The maximum Gasteiger partial charge on any atom is 0.117 e. The molecule has 1 aromatic carbocycles. The number of furan rings is 1. The van der Waals surface area contributed by atoms with E-state index < -0.39 is 0 Å². The second-order valence-corrected chi connectivity index (χ2v) is 4.98. The lowest BCUT2D eigenvalue weighted by Crippen LogP contribution is -2.20. The van der Waals surface area contributed by atoms with E-state index in [9.17, 15) is 0 Å². The largest absolute Gasteiger partial charge is 0.468 e. The van der Waals surface area contributed by atoms with E-state index in [1.807, 2.05) is 30.3 Å². The first-order chi connectivity index (χ1) is 9.25. The predicted molar refractivity (Wildman–Crippen MR) is 77.6 cm³/mol. The number of nitrogens with two attached hydrogens (primary N) is 1. The van der Waals surface area contributed by atoms with Crippen molar-refractivity contribution in [3.05, 3.63) is 60.1 Å². The number of rotatable bonds is 7. The van der Waals surface area contributed by atoms with Crippen molar-refractivity contribution in [1.82, 2.24) is 4.90 Å². The molecule has 0 amide bonds. The highest BCUT2D eigenvalue weighted by Crippen LogP contribution is 2.15. The van der Waals surface area contributed by atoms with Crippen LogP contribution in [0.15, 0.2) is 53.1 Å². The molecular formula is C16H22N2O. The van der Waals surface area contributed by atoms with E-state index >= 15 is 0 Å². The highest BCUT2D eigenvalue weighted by molar-refractivity contribution is 5.18. The predicted octanol–water partition coefficient (Wildman–Crippen LogP) is 3.19. The molecular weight excluding hydrogens is 236 g/mol. The van der Waals surface area contributed by atoms with Gasteiger partial charge in [-0.2, -0.15) is 0 Å². The summed E-state index contributed by atoms with van der Waals surface area (Å²) in [7, 11) is 2.11. The van der Waals surface area contributed by atoms with E-state index in [1.54, 1.807) is 6.26 Å². The SMILES string of the molecule is CN(CCCC(N)c1ccccc1)Cc1ccco1. The minimum atomic E-state index is 0.137. The van der Waals surface area contributed by atoms with Crippen molar-refractivity contribution >= 4 is 0 Å². The molecule has 1 aromatic heterocycles. The lowest BCUT2D eigenvalue weighted by atomic mass is 10.0. The first kappa shape index (κ1) is 13.8. The van der Waals surface area contributed by atoms with Gasteiger partial charge in [0.1, 0.15) is 5.76 Å². The molecule has 2 aromatic rings. The van der Waals surface area contributed by atoms with Gasteiger partial charge in [-0.05, 0) is 44.1 Å². The molecule has 19 heavy (non-hydrogen) atoms. The molecule has 0 aliphatic heterocycles. The summed E-state index contributed by atoms with van der Waals surface area (Å²) in [4.78, 5) is 2.26. The van der Waals surface area contributed by atoms with Crippen LogP contribution in [-0.2, 0) is 6.54 Å². The smallest absolute Gasteiger partial charge is 0.117 e. The van der Waals surface area contributed by atoms with Crippen LogP contribution in [0.2, 0.25) is 0 Å². The van der Waals surface area contributed by atoms with Crippen molar-refractivity contribution in [3.8, 4) is 0 Å². The molecule has 0 saturated heterocycles. The summed E-state index contributed by atoms with van der Waals surface area (Å²) < 4.78 is 5.33. The molecule has 102 valence electrons. The van der Waals surface area contributed by atoms with Crippen molar-refractivity contribution in [2.75, 3.05) is 13.6 Å². The third-order valence-electron chi connectivity index (χ3n) is 3.29. The normalized spacial score (nSPS) is 12.8. The third kappa shape index (κ3) is 4.54. The van der Waals surface area contributed by atoms with Crippen LogP contribution in [0.25, 0.3) is 0 Å².